The molecule has 0 saturated heterocycles. The van der Waals surface area contributed by atoms with Crippen molar-refractivity contribution in [2.75, 3.05) is 0 Å². The van der Waals surface area contributed by atoms with Gasteiger partial charge in [-0.05, 0) is 36.8 Å². The predicted octanol–water partition coefficient (Wildman–Crippen LogP) is 2.73. The van der Waals surface area contributed by atoms with Crippen molar-refractivity contribution in [3.8, 4) is 0 Å². The molecule has 0 radical (unpaired) electrons. The highest BCUT2D eigenvalue weighted by Gasteiger charge is 2.18. The molecule has 1 N–H and O–H groups in total. The zero-order chi connectivity index (χ0) is 8.55. The van der Waals surface area contributed by atoms with E-state index in [0.717, 1.165) is 11.6 Å². The quantitative estimate of drug-likeness (QED) is 0.576. The lowest BCUT2D eigenvalue weighted by molar-refractivity contribution is 0.489. The molecule has 2 aliphatic rings. The largest absolute Gasteiger partial charge is 0.359 e. The third-order valence-corrected chi connectivity index (χ3v) is 2.64. The summed E-state index contributed by atoms with van der Waals surface area (Å²) >= 11 is 0. The van der Waals surface area contributed by atoms with Gasteiger partial charge in [-0.3, -0.25) is 0 Å². The van der Waals surface area contributed by atoms with Crippen LogP contribution in [-0.4, -0.2) is 0 Å². The van der Waals surface area contributed by atoms with Gasteiger partial charge in [0.15, 0.2) is 0 Å². The Labute approximate surface area is 73.9 Å². The van der Waals surface area contributed by atoms with E-state index in [4.69, 9.17) is 0 Å². The highest BCUT2D eigenvalue weighted by atomic mass is 14.9. The molecular formula is C11H15N. The fourth-order valence-corrected chi connectivity index (χ4v) is 1.90. The smallest absolute Gasteiger partial charge is 0.0308 e. The molecule has 1 aliphatic carbocycles. The standard InChI is InChI=1S/C11H15N/c1-8-3-6-11-10(7-8)5-4-9(2)12-11/h4-5,8,12H,2-3,6-7H2,1H3/t8-/m0/s1. The van der Waals surface area contributed by atoms with Gasteiger partial charge >= 0.3 is 0 Å². The van der Waals surface area contributed by atoms with Crippen LogP contribution in [0.15, 0.2) is 35.7 Å². The van der Waals surface area contributed by atoms with Crippen LogP contribution >= 0.6 is 0 Å². The minimum absolute atomic E-state index is 0.849. The second kappa shape index (κ2) is 2.81. The summed E-state index contributed by atoms with van der Waals surface area (Å²) in [6, 6.07) is 0. The van der Waals surface area contributed by atoms with E-state index < -0.39 is 0 Å². The van der Waals surface area contributed by atoms with Crippen LogP contribution in [0.5, 0.6) is 0 Å². The Bertz CT molecular complexity index is 271. The van der Waals surface area contributed by atoms with E-state index in [9.17, 15) is 0 Å². The molecule has 64 valence electrons. The SMILES string of the molecule is C=C1C=CC2=C(CC[C@H](C)C2)N1. The molecule has 2 rings (SSSR count). The summed E-state index contributed by atoms with van der Waals surface area (Å²) in [5.41, 5.74) is 3.92. The van der Waals surface area contributed by atoms with Crippen molar-refractivity contribution in [2.45, 2.75) is 26.2 Å². The Hall–Kier alpha value is -0.980. The van der Waals surface area contributed by atoms with Gasteiger partial charge in [0.1, 0.15) is 0 Å². The Kier molecular flexibility index (Phi) is 1.80. The number of rotatable bonds is 0. The molecule has 1 nitrogen and oxygen atoms in total. The van der Waals surface area contributed by atoms with Gasteiger partial charge in [-0.1, -0.05) is 19.6 Å². The molecule has 1 aliphatic heterocycles. The summed E-state index contributed by atoms with van der Waals surface area (Å²) in [5.74, 6) is 0.849. The zero-order valence-corrected chi connectivity index (χ0v) is 7.56. The summed E-state index contributed by atoms with van der Waals surface area (Å²) < 4.78 is 0. The van der Waals surface area contributed by atoms with Crippen LogP contribution in [0.25, 0.3) is 0 Å². The first kappa shape index (κ1) is 7.66. The molecule has 0 fully saturated rings. The molecule has 12 heavy (non-hydrogen) atoms. The van der Waals surface area contributed by atoms with Crippen LogP contribution in [0.4, 0.5) is 0 Å². The number of hydrogen-bond acceptors (Lipinski definition) is 1. The fourth-order valence-electron chi connectivity index (χ4n) is 1.90. The van der Waals surface area contributed by atoms with Crippen LogP contribution < -0.4 is 5.32 Å². The Balaban J connectivity index is 2.23. The molecule has 0 unspecified atom stereocenters. The van der Waals surface area contributed by atoms with Crippen molar-refractivity contribution in [2.24, 2.45) is 5.92 Å². The molecule has 0 aromatic rings. The maximum absolute atomic E-state index is 3.89. The van der Waals surface area contributed by atoms with Gasteiger partial charge < -0.3 is 5.32 Å². The number of allylic oxidation sites excluding steroid dienone is 4. The lowest BCUT2D eigenvalue weighted by atomic mass is 9.86. The second-order valence-corrected chi connectivity index (χ2v) is 3.84. The average Bonchev–Trinajstić information content (AvgIpc) is 2.05. The Morgan fingerprint density at radius 1 is 1.50 bits per heavy atom. The van der Waals surface area contributed by atoms with Gasteiger partial charge in [0.05, 0.1) is 0 Å². The summed E-state index contributed by atoms with van der Waals surface area (Å²) in [6.45, 7) is 6.21. The number of dihydropyridines is 1. The molecule has 0 saturated carbocycles. The van der Waals surface area contributed by atoms with Gasteiger partial charge in [-0.25, -0.2) is 0 Å². The maximum Gasteiger partial charge on any atom is 0.0308 e. The van der Waals surface area contributed by atoms with Gasteiger partial charge in [0.2, 0.25) is 0 Å². The number of hydrogen-bond donors (Lipinski definition) is 1. The molecule has 1 heterocycles. The van der Waals surface area contributed by atoms with Crippen LogP contribution in [-0.2, 0) is 0 Å². The van der Waals surface area contributed by atoms with E-state index in [1.807, 2.05) is 0 Å². The van der Waals surface area contributed by atoms with Crippen LogP contribution in [0.2, 0.25) is 0 Å². The van der Waals surface area contributed by atoms with Crippen molar-refractivity contribution in [1.82, 2.24) is 5.32 Å². The molecule has 0 amide bonds. The third kappa shape index (κ3) is 1.31. The van der Waals surface area contributed by atoms with E-state index in [2.05, 4.69) is 31.0 Å². The van der Waals surface area contributed by atoms with Gasteiger partial charge in [0, 0.05) is 11.4 Å². The minimum atomic E-state index is 0.849. The Morgan fingerprint density at radius 2 is 2.33 bits per heavy atom. The Morgan fingerprint density at radius 3 is 3.17 bits per heavy atom. The first-order chi connectivity index (χ1) is 5.75. The van der Waals surface area contributed by atoms with Crippen LogP contribution in [0, 0.1) is 5.92 Å². The topological polar surface area (TPSA) is 12.0 Å². The normalized spacial score (nSPS) is 28.4. The summed E-state index contributed by atoms with van der Waals surface area (Å²) in [5, 5.41) is 3.34. The van der Waals surface area contributed by atoms with E-state index >= 15 is 0 Å². The van der Waals surface area contributed by atoms with Crippen molar-refractivity contribution < 1.29 is 0 Å². The predicted molar refractivity (Wildman–Crippen MR) is 51.5 cm³/mol. The maximum atomic E-state index is 3.89. The lowest BCUT2D eigenvalue weighted by Crippen LogP contribution is -2.20. The molecular weight excluding hydrogens is 146 g/mol. The fraction of sp³-hybridized carbons (Fsp3) is 0.455. The summed E-state index contributed by atoms with van der Waals surface area (Å²) in [6.07, 6.45) is 8.01. The third-order valence-electron chi connectivity index (χ3n) is 2.64. The molecule has 0 aromatic heterocycles. The van der Waals surface area contributed by atoms with Crippen LogP contribution in [0.1, 0.15) is 26.2 Å². The lowest BCUT2D eigenvalue weighted by Gasteiger charge is -2.27. The molecule has 0 aromatic carbocycles. The van der Waals surface area contributed by atoms with E-state index in [1.54, 1.807) is 0 Å². The highest BCUT2D eigenvalue weighted by Crippen LogP contribution is 2.30. The van der Waals surface area contributed by atoms with Crippen molar-refractivity contribution in [3.63, 3.8) is 0 Å². The first-order valence-corrected chi connectivity index (χ1v) is 4.62. The molecule has 0 spiro atoms. The van der Waals surface area contributed by atoms with Gasteiger partial charge in [-0.15, -0.1) is 0 Å². The summed E-state index contributed by atoms with van der Waals surface area (Å²) in [4.78, 5) is 0. The van der Waals surface area contributed by atoms with Gasteiger partial charge in [-0.2, -0.15) is 0 Å². The second-order valence-electron chi connectivity index (χ2n) is 3.84. The average molecular weight is 161 g/mol. The van der Waals surface area contributed by atoms with Gasteiger partial charge in [0.25, 0.3) is 0 Å². The van der Waals surface area contributed by atoms with Crippen molar-refractivity contribution in [1.29, 1.82) is 0 Å². The molecule has 1 atom stereocenters. The number of nitrogens with one attached hydrogen (secondary N) is 1. The van der Waals surface area contributed by atoms with Crippen molar-refractivity contribution in [3.05, 3.63) is 35.7 Å². The van der Waals surface area contributed by atoms with E-state index in [1.165, 1.54) is 30.5 Å². The molecule has 0 bridgehead atoms. The molecule has 1 heteroatoms. The van der Waals surface area contributed by atoms with Crippen LogP contribution in [0.3, 0.4) is 0 Å². The van der Waals surface area contributed by atoms with Crippen molar-refractivity contribution >= 4 is 0 Å². The first-order valence-electron chi connectivity index (χ1n) is 4.62. The summed E-state index contributed by atoms with van der Waals surface area (Å²) in [7, 11) is 0. The minimum Gasteiger partial charge on any atom is -0.359 e. The zero-order valence-electron chi connectivity index (χ0n) is 7.56. The van der Waals surface area contributed by atoms with E-state index in [-0.39, 0.29) is 0 Å². The monoisotopic (exact) mass is 161 g/mol. The van der Waals surface area contributed by atoms with E-state index in [0.29, 0.717) is 0 Å². The highest BCUT2D eigenvalue weighted by molar-refractivity contribution is 5.38.